The maximum Gasteiger partial charge on any atom is 0.151 e. The molecular weight excluding hydrogens is 130 g/mol. The molecule has 3 N–H and O–H groups in total. The van der Waals surface area contributed by atoms with Crippen LogP contribution in [0.2, 0.25) is 0 Å². The van der Waals surface area contributed by atoms with E-state index in [4.69, 9.17) is 10.2 Å². The van der Waals surface area contributed by atoms with Crippen molar-refractivity contribution < 1.29 is 10.2 Å². The maximum atomic E-state index is 8.50. The molecule has 0 aliphatic carbocycles. The molecular formula is C7H17NO2. The van der Waals surface area contributed by atoms with Crippen LogP contribution in [0, 0.1) is 0 Å². The van der Waals surface area contributed by atoms with Crippen molar-refractivity contribution in [1.29, 1.82) is 0 Å². The molecule has 0 radical (unpaired) electrons. The fourth-order valence-electron chi connectivity index (χ4n) is 0.850. The van der Waals surface area contributed by atoms with E-state index in [1.54, 1.807) is 0 Å². The Morgan fingerprint density at radius 2 is 1.90 bits per heavy atom. The van der Waals surface area contributed by atoms with Crippen molar-refractivity contribution in [3.8, 4) is 0 Å². The van der Waals surface area contributed by atoms with Crippen molar-refractivity contribution >= 4 is 0 Å². The van der Waals surface area contributed by atoms with E-state index in [9.17, 15) is 0 Å². The summed E-state index contributed by atoms with van der Waals surface area (Å²) in [5, 5.41) is 20.2. The zero-order chi connectivity index (χ0) is 7.98. The third-order valence-corrected chi connectivity index (χ3v) is 1.41. The molecule has 0 aromatic heterocycles. The van der Waals surface area contributed by atoms with Gasteiger partial charge in [0.15, 0.2) is 6.29 Å². The normalized spacial score (nSPS) is 14.1. The van der Waals surface area contributed by atoms with Gasteiger partial charge in [-0.05, 0) is 26.3 Å². The van der Waals surface area contributed by atoms with E-state index < -0.39 is 6.29 Å². The van der Waals surface area contributed by atoms with Crippen LogP contribution in [0.3, 0.4) is 0 Å². The number of hydrogen-bond donors (Lipinski definition) is 3. The Kier molecular flexibility index (Phi) is 5.58. The molecule has 0 heterocycles. The highest BCUT2D eigenvalue weighted by molar-refractivity contribution is 4.58. The molecule has 3 nitrogen and oxygen atoms in total. The Bertz CT molecular complexity index is 76.0. The highest BCUT2D eigenvalue weighted by Gasteiger charge is 2.02. The van der Waals surface area contributed by atoms with Crippen molar-refractivity contribution in [2.75, 3.05) is 6.54 Å². The molecule has 0 saturated heterocycles. The summed E-state index contributed by atoms with van der Waals surface area (Å²) >= 11 is 0. The minimum Gasteiger partial charge on any atom is -0.368 e. The lowest BCUT2D eigenvalue weighted by atomic mass is 10.2. The van der Waals surface area contributed by atoms with Gasteiger partial charge < -0.3 is 15.5 Å². The lowest BCUT2D eigenvalue weighted by molar-refractivity contribution is -0.0475. The number of aliphatic hydroxyl groups is 2. The first-order chi connectivity index (χ1) is 4.66. The minimum absolute atomic E-state index is 0.381. The molecule has 0 aliphatic rings. The predicted octanol–water partition coefficient (Wildman–Crippen LogP) is 0.0753. The molecule has 0 bridgehead atoms. The second-order valence-corrected chi connectivity index (χ2v) is 2.52. The third-order valence-electron chi connectivity index (χ3n) is 1.41. The first kappa shape index (κ1) is 9.88. The number of aliphatic hydroxyl groups excluding tert-OH is 1. The van der Waals surface area contributed by atoms with Crippen molar-refractivity contribution in [2.45, 2.75) is 39.0 Å². The molecule has 0 saturated carbocycles. The SMILES string of the molecule is CCNC(C)CCC(O)O. The van der Waals surface area contributed by atoms with E-state index in [2.05, 4.69) is 5.32 Å². The van der Waals surface area contributed by atoms with Gasteiger partial charge in [0.25, 0.3) is 0 Å². The van der Waals surface area contributed by atoms with E-state index in [1.165, 1.54) is 0 Å². The predicted molar refractivity (Wildman–Crippen MR) is 40.6 cm³/mol. The molecule has 3 heteroatoms. The fourth-order valence-corrected chi connectivity index (χ4v) is 0.850. The summed E-state index contributed by atoms with van der Waals surface area (Å²) in [4.78, 5) is 0. The molecule has 0 aromatic rings. The maximum absolute atomic E-state index is 8.50. The largest absolute Gasteiger partial charge is 0.368 e. The van der Waals surface area contributed by atoms with Crippen molar-refractivity contribution in [2.24, 2.45) is 0 Å². The van der Waals surface area contributed by atoms with Crippen molar-refractivity contribution in [1.82, 2.24) is 5.32 Å². The number of nitrogens with one attached hydrogen (secondary N) is 1. The van der Waals surface area contributed by atoms with Crippen LogP contribution in [-0.2, 0) is 0 Å². The molecule has 1 atom stereocenters. The molecule has 1 unspecified atom stereocenters. The smallest absolute Gasteiger partial charge is 0.151 e. The molecule has 0 aromatic carbocycles. The highest BCUT2D eigenvalue weighted by Crippen LogP contribution is 1.97. The Balaban J connectivity index is 3.12. The first-order valence-electron chi connectivity index (χ1n) is 3.76. The topological polar surface area (TPSA) is 52.5 Å². The fraction of sp³-hybridized carbons (Fsp3) is 1.00. The van der Waals surface area contributed by atoms with Crippen LogP contribution in [0.4, 0.5) is 0 Å². The van der Waals surface area contributed by atoms with Gasteiger partial charge >= 0.3 is 0 Å². The molecule has 0 rings (SSSR count). The van der Waals surface area contributed by atoms with E-state index in [-0.39, 0.29) is 0 Å². The first-order valence-corrected chi connectivity index (χ1v) is 3.76. The Morgan fingerprint density at radius 1 is 1.30 bits per heavy atom. The van der Waals surface area contributed by atoms with E-state index in [1.807, 2.05) is 13.8 Å². The average Bonchev–Trinajstić information content (AvgIpc) is 1.85. The van der Waals surface area contributed by atoms with Gasteiger partial charge in [-0.25, -0.2) is 0 Å². The van der Waals surface area contributed by atoms with Crippen LogP contribution in [-0.4, -0.2) is 29.1 Å². The lowest BCUT2D eigenvalue weighted by Crippen LogP contribution is -2.26. The summed E-state index contributed by atoms with van der Waals surface area (Å²) in [5.74, 6) is 0. The number of hydrogen-bond acceptors (Lipinski definition) is 3. The standard InChI is InChI=1S/C7H17NO2/c1-3-8-6(2)4-5-7(9)10/h6-10H,3-5H2,1-2H3. The van der Waals surface area contributed by atoms with Gasteiger partial charge in [0, 0.05) is 6.04 Å². The average molecular weight is 147 g/mol. The molecule has 62 valence electrons. The van der Waals surface area contributed by atoms with Gasteiger partial charge in [0.1, 0.15) is 0 Å². The van der Waals surface area contributed by atoms with Gasteiger partial charge in [-0.2, -0.15) is 0 Å². The van der Waals surface area contributed by atoms with E-state index >= 15 is 0 Å². The van der Waals surface area contributed by atoms with Crippen LogP contribution < -0.4 is 5.32 Å². The Labute approximate surface area is 62.1 Å². The second kappa shape index (κ2) is 5.65. The van der Waals surface area contributed by atoms with Crippen LogP contribution in [0.5, 0.6) is 0 Å². The third kappa shape index (κ3) is 6.01. The summed E-state index contributed by atoms with van der Waals surface area (Å²) in [6.07, 6.45) is 0.112. The van der Waals surface area contributed by atoms with Gasteiger partial charge in [-0.15, -0.1) is 0 Å². The molecule has 0 aliphatic heterocycles. The summed E-state index contributed by atoms with van der Waals surface area (Å²) in [6, 6.07) is 0.381. The summed E-state index contributed by atoms with van der Waals surface area (Å²) in [7, 11) is 0. The van der Waals surface area contributed by atoms with Crippen LogP contribution in [0.1, 0.15) is 26.7 Å². The second-order valence-electron chi connectivity index (χ2n) is 2.52. The summed E-state index contributed by atoms with van der Waals surface area (Å²) in [5.41, 5.74) is 0. The van der Waals surface area contributed by atoms with Crippen LogP contribution in [0.25, 0.3) is 0 Å². The van der Waals surface area contributed by atoms with Crippen molar-refractivity contribution in [3.05, 3.63) is 0 Å². The molecule has 0 fully saturated rings. The zero-order valence-corrected chi connectivity index (χ0v) is 6.67. The van der Waals surface area contributed by atoms with Crippen LogP contribution >= 0.6 is 0 Å². The lowest BCUT2D eigenvalue weighted by Gasteiger charge is -2.11. The molecule has 10 heavy (non-hydrogen) atoms. The zero-order valence-electron chi connectivity index (χ0n) is 6.67. The molecule has 0 spiro atoms. The van der Waals surface area contributed by atoms with Gasteiger partial charge in [-0.3, -0.25) is 0 Å². The van der Waals surface area contributed by atoms with E-state index in [0.717, 1.165) is 13.0 Å². The summed E-state index contributed by atoms with van der Waals surface area (Å²) < 4.78 is 0. The van der Waals surface area contributed by atoms with Crippen LogP contribution in [0.15, 0.2) is 0 Å². The summed E-state index contributed by atoms with van der Waals surface area (Å²) in [6.45, 7) is 5.00. The Morgan fingerprint density at radius 3 is 2.30 bits per heavy atom. The Hall–Kier alpha value is -0.120. The number of rotatable bonds is 5. The molecule has 0 amide bonds. The van der Waals surface area contributed by atoms with Gasteiger partial charge in [0.05, 0.1) is 0 Å². The minimum atomic E-state index is -1.15. The quantitative estimate of drug-likeness (QED) is 0.482. The monoisotopic (exact) mass is 147 g/mol. The van der Waals surface area contributed by atoms with Gasteiger partial charge in [-0.1, -0.05) is 6.92 Å². The highest BCUT2D eigenvalue weighted by atomic mass is 16.5. The van der Waals surface area contributed by atoms with Crippen molar-refractivity contribution in [3.63, 3.8) is 0 Å². The van der Waals surface area contributed by atoms with Gasteiger partial charge in [0.2, 0.25) is 0 Å². The van der Waals surface area contributed by atoms with E-state index in [0.29, 0.717) is 12.5 Å².